The maximum atomic E-state index is 13.3. The summed E-state index contributed by atoms with van der Waals surface area (Å²) >= 11 is 0. The summed E-state index contributed by atoms with van der Waals surface area (Å²) in [4.78, 5) is 0. The van der Waals surface area contributed by atoms with E-state index >= 15 is 0 Å². The number of amidine groups is 1. The van der Waals surface area contributed by atoms with Crippen molar-refractivity contribution in [3.63, 3.8) is 0 Å². The topological polar surface area (TPSA) is 58.6 Å². The number of benzene rings is 2. The zero-order valence-electron chi connectivity index (χ0n) is 14.7. The molecule has 3 nitrogen and oxygen atoms in total. The van der Waals surface area contributed by atoms with Crippen molar-refractivity contribution in [3.05, 3.63) is 70.3 Å². The number of rotatable bonds is 7. The highest BCUT2D eigenvalue weighted by Crippen LogP contribution is 2.33. The molecule has 0 fully saturated rings. The van der Waals surface area contributed by atoms with Crippen LogP contribution in [-0.4, -0.2) is 11.0 Å². The third kappa shape index (κ3) is 5.25. The zero-order chi connectivity index (χ0) is 19.2. The summed E-state index contributed by atoms with van der Waals surface area (Å²) in [7, 11) is 0. The first-order valence-corrected chi connectivity index (χ1v) is 8.61. The van der Waals surface area contributed by atoms with Crippen LogP contribution in [0.15, 0.2) is 47.6 Å². The van der Waals surface area contributed by atoms with Crippen LogP contribution in [0.2, 0.25) is 0 Å². The molecule has 2 aromatic rings. The number of halogens is 3. The Labute approximate surface area is 151 Å². The number of aryl methyl sites for hydroxylation is 3. The van der Waals surface area contributed by atoms with Crippen LogP contribution in [-0.2, 0) is 25.4 Å². The van der Waals surface area contributed by atoms with E-state index in [0.29, 0.717) is 6.42 Å². The van der Waals surface area contributed by atoms with Crippen LogP contribution in [0.4, 0.5) is 13.2 Å². The van der Waals surface area contributed by atoms with Crippen LogP contribution >= 0.6 is 0 Å². The standard InChI is InChI=1S/C20H23F3N2O/c1-2-3-4-14-5-7-15(8-6-14)9-10-16-11-12-17(19(24)25-26)13-18(16)20(21,22)23/h5-8,11-13,26H,2-4,9-10H2,1H3,(H2,24,25). The number of alkyl halides is 3. The van der Waals surface area contributed by atoms with E-state index in [-0.39, 0.29) is 23.4 Å². The van der Waals surface area contributed by atoms with E-state index in [1.807, 2.05) is 24.3 Å². The van der Waals surface area contributed by atoms with E-state index in [1.165, 1.54) is 17.7 Å². The normalized spacial score (nSPS) is 12.4. The van der Waals surface area contributed by atoms with Crippen molar-refractivity contribution >= 4 is 5.84 Å². The van der Waals surface area contributed by atoms with Gasteiger partial charge in [0.15, 0.2) is 5.84 Å². The fraction of sp³-hybridized carbons (Fsp3) is 0.350. The lowest BCUT2D eigenvalue weighted by Crippen LogP contribution is -2.16. The molecule has 0 spiro atoms. The number of hydrogen-bond donors (Lipinski definition) is 2. The van der Waals surface area contributed by atoms with Crippen molar-refractivity contribution in [1.82, 2.24) is 0 Å². The van der Waals surface area contributed by atoms with Crippen molar-refractivity contribution in [2.24, 2.45) is 10.9 Å². The van der Waals surface area contributed by atoms with Gasteiger partial charge in [-0.05, 0) is 48.4 Å². The van der Waals surface area contributed by atoms with Gasteiger partial charge in [0.2, 0.25) is 0 Å². The second-order valence-corrected chi connectivity index (χ2v) is 6.27. The SMILES string of the molecule is CCCCc1ccc(CCc2ccc(/C(N)=N/O)cc2C(F)(F)F)cc1. The van der Waals surface area contributed by atoms with Gasteiger partial charge in [-0.1, -0.05) is 54.9 Å². The molecule has 0 saturated carbocycles. The third-order valence-corrected chi connectivity index (χ3v) is 4.34. The van der Waals surface area contributed by atoms with E-state index < -0.39 is 11.7 Å². The summed E-state index contributed by atoms with van der Waals surface area (Å²) in [5.74, 6) is -0.343. The third-order valence-electron chi connectivity index (χ3n) is 4.34. The van der Waals surface area contributed by atoms with Gasteiger partial charge in [-0.25, -0.2) is 0 Å². The van der Waals surface area contributed by atoms with Gasteiger partial charge in [0.1, 0.15) is 0 Å². The molecule has 0 radical (unpaired) electrons. The van der Waals surface area contributed by atoms with E-state index in [4.69, 9.17) is 10.9 Å². The predicted octanol–water partition coefficient (Wildman–Crippen LogP) is 4.93. The summed E-state index contributed by atoms with van der Waals surface area (Å²) in [6.45, 7) is 2.14. The first kappa shape index (κ1) is 19.8. The number of oxime groups is 1. The molecule has 0 aromatic heterocycles. The molecule has 26 heavy (non-hydrogen) atoms. The Morgan fingerprint density at radius 2 is 1.62 bits per heavy atom. The van der Waals surface area contributed by atoms with Crippen LogP contribution in [0.25, 0.3) is 0 Å². The second-order valence-electron chi connectivity index (χ2n) is 6.27. The molecule has 0 aliphatic carbocycles. The molecule has 0 aliphatic rings. The van der Waals surface area contributed by atoms with Crippen molar-refractivity contribution in [3.8, 4) is 0 Å². The van der Waals surface area contributed by atoms with Crippen molar-refractivity contribution in [2.75, 3.05) is 0 Å². The Hall–Kier alpha value is -2.50. The van der Waals surface area contributed by atoms with Gasteiger partial charge >= 0.3 is 6.18 Å². The maximum Gasteiger partial charge on any atom is 0.416 e. The molecule has 0 saturated heterocycles. The van der Waals surface area contributed by atoms with Gasteiger partial charge in [-0.15, -0.1) is 0 Å². The van der Waals surface area contributed by atoms with E-state index in [9.17, 15) is 13.2 Å². The van der Waals surface area contributed by atoms with Crippen LogP contribution in [0.1, 0.15) is 47.6 Å². The van der Waals surface area contributed by atoms with Crippen molar-refractivity contribution in [2.45, 2.75) is 45.2 Å². The quantitative estimate of drug-likeness (QED) is 0.317. The van der Waals surface area contributed by atoms with Gasteiger partial charge in [-0.2, -0.15) is 13.2 Å². The van der Waals surface area contributed by atoms with Gasteiger partial charge in [-0.3, -0.25) is 0 Å². The molecule has 0 heterocycles. The Balaban J connectivity index is 2.15. The molecule has 140 valence electrons. The minimum Gasteiger partial charge on any atom is -0.409 e. The number of unbranched alkanes of at least 4 members (excludes halogenated alkanes) is 1. The molecular formula is C20H23F3N2O. The lowest BCUT2D eigenvalue weighted by atomic mass is 9.96. The highest BCUT2D eigenvalue weighted by atomic mass is 19.4. The summed E-state index contributed by atoms with van der Waals surface area (Å²) in [6, 6.07) is 11.8. The molecule has 0 bridgehead atoms. The van der Waals surface area contributed by atoms with Gasteiger partial charge < -0.3 is 10.9 Å². The van der Waals surface area contributed by atoms with Crippen LogP contribution in [0.5, 0.6) is 0 Å². The number of hydrogen-bond acceptors (Lipinski definition) is 2. The van der Waals surface area contributed by atoms with Gasteiger partial charge in [0.25, 0.3) is 0 Å². The minimum atomic E-state index is -4.49. The highest BCUT2D eigenvalue weighted by Gasteiger charge is 2.33. The number of nitrogens with two attached hydrogens (primary N) is 1. The lowest BCUT2D eigenvalue weighted by Gasteiger charge is -2.14. The predicted molar refractivity (Wildman–Crippen MR) is 96.4 cm³/mol. The van der Waals surface area contributed by atoms with Crippen molar-refractivity contribution < 1.29 is 18.4 Å². The zero-order valence-corrected chi connectivity index (χ0v) is 14.7. The Morgan fingerprint density at radius 1 is 1.00 bits per heavy atom. The van der Waals surface area contributed by atoms with Crippen LogP contribution in [0, 0.1) is 0 Å². The average molecular weight is 364 g/mol. The molecule has 0 aliphatic heterocycles. The Morgan fingerprint density at radius 3 is 2.15 bits per heavy atom. The molecule has 3 N–H and O–H groups in total. The smallest absolute Gasteiger partial charge is 0.409 e. The van der Waals surface area contributed by atoms with E-state index in [1.54, 1.807) is 0 Å². The largest absolute Gasteiger partial charge is 0.416 e. The summed E-state index contributed by atoms with van der Waals surface area (Å²) in [5.41, 5.74) is 7.14. The number of nitrogens with zero attached hydrogens (tertiary/aromatic N) is 1. The monoisotopic (exact) mass is 364 g/mol. The molecule has 2 aromatic carbocycles. The molecule has 6 heteroatoms. The van der Waals surface area contributed by atoms with Gasteiger partial charge in [0, 0.05) is 5.56 Å². The first-order valence-electron chi connectivity index (χ1n) is 8.61. The maximum absolute atomic E-state index is 13.3. The summed E-state index contributed by atoms with van der Waals surface area (Å²) in [5, 5.41) is 11.4. The molecule has 0 amide bonds. The summed E-state index contributed by atoms with van der Waals surface area (Å²) < 4.78 is 40.0. The molecule has 2 rings (SSSR count). The Kier molecular flexibility index (Phi) is 6.66. The second kappa shape index (κ2) is 8.74. The Bertz CT molecular complexity index is 753. The first-order chi connectivity index (χ1) is 12.3. The van der Waals surface area contributed by atoms with Gasteiger partial charge in [0.05, 0.1) is 5.56 Å². The molecule has 0 atom stereocenters. The molecular weight excluding hydrogens is 341 g/mol. The van der Waals surface area contributed by atoms with Crippen molar-refractivity contribution in [1.29, 1.82) is 0 Å². The minimum absolute atomic E-state index is 0.0452. The fourth-order valence-corrected chi connectivity index (χ4v) is 2.81. The van der Waals surface area contributed by atoms with Crippen LogP contribution in [0.3, 0.4) is 0 Å². The summed E-state index contributed by atoms with van der Waals surface area (Å²) in [6.07, 6.45) is -0.445. The highest BCUT2D eigenvalue weighted by molar-refractivity contribution is 5.97. The van der Waals surface area contributed by atoms with E-state index in [2.05, 4.69) is 12.1 Å². The van der Waals surface area contributed by atoms with E-state index in [0.717, 1.165) is 30.9 Å². The lowest BCUT2D eigenvalue weighted by molar-refractivity contribution is -0.138. The average Bonchev–Trinajstić information content (AvgIpc) is 2.64. The molecule has 0 unspecified atom stereocenters. The fourth-order valence-electron chi connectivity index (χ4n) is 2.81. The van der Waals surface area contributed by atoms with Crippen LogP contribution < -0.4 is 5.73 Å².